The van der Waals surface area contributed by atoms with Gasteiger partial charge in [0.1, 0.15) is 5.60 Å². The Balaban J connectivity index is 1.26. The van der Waals surface area contributed by atoms with Crippen molar-refractivity contribution >= 4 is 40.3 Å². The van der Waals surface area contributed by atoms with Crippen LogP contribution in [0.2, 0.25) is 0 Å². The number of imidazole rings is 1. The van der Waals surface area contributed by atoms with E-state index in [2.05, 4.69) is 15.6 Å². The van der Waals surface area contributed by atoms with Crippen molar-refractivity contribution in [3.05, 3.63) is 52.9 Å². The molecule has 0 aliphatic carbocycles. The van der Waals surface area contributed by atoms with E-state index in [9.17, 15) is 14.7 Å². The predicted octanol–water partition coefficient (Wildman–Crippen LogP) is 5.82. The first-order chi connectivity index (χ1) is 20.7. The van der Waals surface area contributed by atoms with Crippen LogP contribution in [0, 0.1) is 12.8 Å². The van der Waals surface area contributed by atoms with Crippen LogP contribution in [0.5, 0.6) is 0 Å². The lowest BCUT2D eigenvalue weighted by atomic mass is 9.98. The number of likely N-dealkylation sites (tertiary alicyclic amines) is 1. The highest BCUT2D eigenvalue weighted by atomic mass is 32.1. The zero-order valence-corrected chi connectivity index (χ0v) is 27.1. The van der Waals surface area contributed by atoms with E-state index < -0.39 is 11.2 Å². The number of aromatic nitrogens is 3. The number of nitrogens with zero attached hydrogens (tertiary/aromatic N) is 4. The maximum atomic E-state index is 13.2. The highest BCUT2D eigenvalue weighted by Crippen LogP contribution is 2.30. The number of carbonyl (C=O) groups excluding carboxylic acids is 2. The van der Waals surface area contributed by atoms with Crippen LogP contribution in [0.25, 0.3) is 21.7 Å². The van der Waals surface area contributed by atoms with E-state index in [1.807, 2.05) is 54.5 Å². The molecule has 1 aliphatic heterocycles. The fourth-order valence-corrected chi connectivity index (χ4v) is 6.15. The van der Waals surface area contributed by atoms with Crippen LogP contribution >= 0.6 is 11.3 Å². The van der Waals surface area contributed by atoms with Gasteiger partial charge in [0.2, 0.25) is 5.95 Å². The Morgan fingerprint density at radius 1 is 1.18 bits per heavy atom. The Hall–Kier alpha value is -3.74. The average Bonchev–Trinajstić information content (AvgIpc) is 3.66. The summed E-state index contributed by atoms with van der Waals surface area (Å²) in [4.78, 5) is 37.8. The summed E-state index contributed by atoms with van der Waals surface area (Å²) in [6.45, 7) is 13.9. The van der Waals surface area contributed by atoms with E-state index in [1.165, 1.54) is 11.3 Å². The van der Waals surface area contributed by atoms with Gasteiger partial charge in [0.15, 0.2) is 11.7 Å². The van der Waals surface area contributed by atoms with E-state index in [0.717, 1.165) is 47.4 Å². The van der Waals surface area contributed by atoms with Gasteiger partial charge in [0.25, 0.3) is 5.91 Å². The summed E-state index contributed by atoms with van der Waals surface area (Å²) >= 11 is 1.31. The smallest absolute Gasteiger partial charge is 0.410 e. The molecule has 12 heteroatoms. The molecule has 11 nitrogen and oxygen atoms in total. The molecule has 236 valence electrons. The number of rotatable bonds is 9. The first-order valence-corrected chi connectivity index (χ1v) is 15.8. The van der Waals surface area contributed by atoms with Crippen LogP contribution in [0.1, 0.15) is 68.6 Å². The van der Waals surface area contributed by atoms with Gasteiger partial charge in [-0.25, -0.2) is 14.8 Å². The number of hydrogen-bond acceptors (Lipinski definition) is 9. The lowest BCUT2D eigenvalue weighted by Crippen LogP contribution is -2.44. The van der Waals surface area contributed by atoms with E-state index in [0.29, 0.717) is 41.5 Å². The number of carbonyl (C=O) groups is 2. The van der Waals surface area contributed by atoms with Gasteiger partial charge < -0.3 is 29.0 Å². The van der Waals surface area contributed by atoms with Gasteiger partial charge in [-0.05, 0) is 89.8 Å². The number of anilines is 1. The molecule has 5 rings (SSSR count). The highest BCUT2D eigenvalue weighted by molar-refractivity contribution is 7.17. The molecule has 4 aromatic rings. The maximum Gasteiger partial charge on any atom is 0.410 e. The number of hydrogen-bond donors (Lipinski definition) is 3. The molecule has 3 aromatic heterocycles. The Morgan fingerprint density at radius 2 is 1.98 bits per heavy atom. The summed E-state index contributed by atoms with van der Waals surface area (Å²) in [6, 6.07) is 9.59. The summed E-state index contributed by atoms with van der Waals surface area (Å²) < 4.78 is 13.0. The molecule has 4 heterocycles. The Morgan fingerprint density at radius 3 is 2.68 bits per heavy atom. The quantitative estimate of drug-likeness (QED) is 0.213. The lowest BCUT2D eigenvalue weighted by Gasteiger charge is -2.34. The molecule has 0 radical (unpaired) electrons. The zero-order valence-electron chi connectivity index (χ0n) is 26.3. The number of thiophene rings is 1. The van der Waals surface area contributed by atoms with Crippen molar-refractivity contribution in [1.29, 1.82) is 0 Å². The lowest BCUT2D eigenvalue weighted by molar-refractivity contribution is 0.0166. The number of amides is 2. The third-order valence-corrected chi connectivity index (χ3v) is 8.31. The van der Waals surface area contributed by atoms with Gasteiger partial charge >= 0.3 is 6.09 Å². The van der Waals surface area contributed by atoms with Gasteiger partial charge in [0, 0.05) is 26.6 Å². The monoisotopic (exact) mass is 622 g/mol. The number of nitrogens with one attached hydrogen (secondary N) is 2. The Kier molecular flexibility index (Phi) is 9.15. The Bertz CT molecular complexity index is 1630. The van der Waals surface area contributed by atoms with Crippen molar-refractivity contribution in [3.8, 4) is 10.6 Å². The number of aryl methyl sites for hydroxylation is 1. The third-order valence-electron chi connectivity index (χ3n) is 7.21. The van der Waals surface area contributed by atoms with Crippen LogP contribution in [0.4, 0.5) is 10.7 Å². The molecule has 0 bridgehead atoms. The van der Waals surface area contributed by atoms with E-state index in [4.69, 9.17) is 14.1 Å². The highest BCUT2D eigenvalue weighted by Gasteiger charge is 2.27. The number of benzene rings is 1. The van der Waals surface area contributed by atoms with Crippen molar-refractivity contribution in [2.24, 2.45) is 5.92 Å². The summed E-state index contributed by atoms with van der Waals surface area (Å²) in [5.41, 5.74) is 1.06. The molecule has 44 heavy (non-hydrogen) atoms. The number of ether oxygens (including phenoxy) is 1. The summed E-state index contributed by atoms with van der Waals surface area (Å²) in [7, 11) is 0. The van der Waals surface area contributed by atoms with Crippen molar-refractivity contribution in [3.63, 3.8) is 0 Å². The molecule has 1 aliphatic rings. The normalized spacial score (nSPS) is 16.0. The van der Waals surface area contributed by atoms with Gasteiger partial charge in [0.05, 0.1) is 39.1 Å². The second-order valence-electron chi connectivity index (χ2n) is 13.1. The van der Waals surface area contributed by atoms with Crippen LogP contribution < -0.4 is 10.6 Å². The number of fused-ring (bicyclic) bond motifs is 1. The standard InChI is InChI=1S/C32H42N6O5S/c1-20-34-17-25(42-20)26-11-12-27(44-26)28(39)36-29-35-23-14-21(9-10-24(23)38(29)19-32(5,6)41)15-33-16-22-8-7-13-37(18-22)30(40)43-31(2,3)4/h9-12,14,17,22,33,41H,7-8,13,15-16,18-19H2,1-6H3,(H,35,36,39). The average molecular weight is 623 g/mol. The molecule has 0 saturated carbocycles. The summed E-state index contributed by atoms with van der Waals surface area (Å²) in [5, 5.41) is 17.1. The minimum atomic E-state index is -1.03. The zero-order chi connectivity index (χ0) is 31.6. The largest absolute Gasteiger partial charge is 0.444 e. The van der Waals surface area contributed by atoms with Crippen molar-refractivity contribution in [1.82, 2.24) is 24.8 Å². The minimum Gasteiger partial charge on any atom is -0.444 e. The maximum absolute atomic E-state index is 13.2. The molecule has 1 atom stereocenters. The summed E-state index contributed by atoms with van der Waals surface area (Å²) in [5.74, 6) is 1.60. The van der Waals surface area contributed by atoms with Gasteiger partial charge in [-0.3, -0.25) is 10.1 Å². The number of piperidine rings is 1. The second-order valence-corrected chi connectivity index (χ2v) is 14.2. The fraction of sp³-hybridized carbons (Fsp3) is 0.500. The minimum absolute atomic E-state index is 0.249. The van der Waals surface area contributed by atoms with Crippen LogP contribution in [-0.4, -0.2) is 67.4 Å². The van der Waals surface area contributed by atoms with Crippen molar-refractivity contribution in [2.45, 2.75) is 78.7 Å². The molecule has 0 spiro atoms. The molecule has 1 unspecified atom stereocenters. The van der Waals surface area contributed by atoms with Crippen LogP contribution in [0.3, 0.4) is 0 Å². The van der Waals surface area contributed by atoms with Crippen molar-refractivity contribution in [2.75, 3.05) is 25.0 Å². The number of aliphatic hydroxyl groups is 1. The first kappa shape index (κ1) is 31.7. The molecular weight excluding hydrogens is 580 g/mol. The first-order valence-electron chi connectivity index (χ1n) is 15.0. The molecule has 3 N–H and O–H groups in total. The second kappa shape index (κ2) is 12.7. The molecule has 1 saturated heterocycles. The predicted molar refractivity (Wildman–Crippen MR) is 171 cm³/mol. The summed E-state index contributed by atoms with van der Waals surface area (Å²) in [6.07, 6.45) is 3.41. The molecular formula is C32H42N6O5S. The Labute approximate surface area is 261 Å². The van der Waals surface area contributed by atoms with Crippen LogP contribution in [0.15, 0.2) is 40.9 Å². The van der Waals surface area contributed by atoms with Gasteiger partial charge in [-0.15, -0.1) is 11.3 Å². The number of oxazole rings is 1. The van der Waals surface area contributed by atoms with E-state index in [1.54, 1.807) is 33.0 Å². The van der Waals surface area contributed by atoms with E-state index >= 15 is 0 Å². The van der Waals surface area contributed by atoms with Gasteiger partial charge in [-0.1, -0.05) is 6.07 Å². The van der Waals surface area contributed by atoms with E-state index in [-0.39, 0.29) is 18.5 Å². The topological polar surface area (TPSA) is 135 Å². The SMILES string of the molecule is Cc1ncc(-c2ccc(C(=O)Nc3nc4cc(CNCC5CCCN(C(=O)OC(C)(C)C)C5)ccc4n3CC(C)(C)O)s2)o1. The van der Waals surface area contributed by atoms with Crippen LogP contribution in [-0.2, 0) is 17.8 Å². The van der Waals surface area contributed by atoms with Crippen molar-refractivity contribution < 1.29 is 23.8 Å². The molecule has 1 aromatic carbocycles. The van der Waals surface area contributed by atoms with Gasteiger partial charge in [-0.2, -0.15) is 0 Å². The molecule has 1 fully saturated rings. The third kappa shape index (κ3) is 8.04. The molecule has 2 amide bonds. The fourth-order valence-electron chi connectivity index (χ4n) is 5.30.